The van der Waals surface area contributed by atoms with Gasteiger partial charge in [-0.1, -0.05) is 13.8 Å². The van der Waals surface area contributed by atoms with Gasteiger partial charge in [0.05, 0.1) is 24.6 Å². The summed E-state index contributed by atoms with van der Waals surface area (Å²) in [6.45, 7) is 6.39. The molecule has 0 saturated heterocycles. The number of hydrogen-bond donors (Lipinski definition) is 1. The number of aromatic nitrogens is 1. The first kappa shape index (κ1) is 14.3. The molecule has 100 valence electrons. The van der Waals surface area contributed by atoms with E-state index in [9.17, 15) is 4.79 Å². The SMILES string of the molecule is COC(=O)c1cc(N(C)C(C)C(C)C)ncc1N. The Morgan fingerprint density at radius 1 is 1.44 bits per heavy atom. The van der Waals surface area contributed by atoms with Gasteiger partial charge in [-0.25, -0.2) is 9.78 Å². The molecule has 5 heteroatoms. The van der Waals surface area contributed by atoms with Crippen molar-refractivity contribution in [2.24, 2.45) is 5.92 Å². The van der Waals surface area contributed by atoms with Crippen LogP contribution in [0.5, 0.6) is 0 Å². The van der Waals surface area contributed by atoms with Gasteiger partial charge in [-0.2, -0.15) is 0 Å². The molecule has 0 bridgehead atoms. The number of nitrogen functional groups attached to an aromatic ring is 1. The van der Waals surface area contributed by atoms with Gasteiger partial charge in [0, 0.05) is 13.1 Å². The molecule has 1 aromatic rings. The number of anilines is 2. The third-order valence-electron chi connectivity index (χ3n) is 3.26. The van der Waals surface area contributed by atoms with Gasteiger partial charge >= 0.3 is 5.97 Å². The minimum Gasteiger partial charge on any atom is -0.465 e. The molecule has 0 amide bonds. The number of carbonyl (C=O) groups excluding carboxylic acids is 1. The molecule has 0 aliphatic carbocycles. The lowest BCUT2D eigenvalue weighted by atomic mass is 10.1. The van der Waals surface area contributed by atoms with Crippen molar-refractivity contribution in [2.75, 3.05) is 24.8 Å². The lowest BCUT2D eigenvalue weighted by molar-refractivity contribution is 0.0602. The monoisotopic (exact) mass is 251 g/mol. The average Bonchev–Trinajstić information content (AvgIpc) is 2.36. The normalized spacial score (nSPS) is 12.3. The standard InChI is InChI=1S/C13H21N3O2/c1-8(2)9(3)16(4)12-6-10(13(17)18-5)11(14)7-15-12/h6-9H,14H2,1-5H3. The van der Waals surface area contributed by atoms with Crippen LogP contribution in [0.1, 0.15) is 31.1 Å². The molecule has 5 nitrogen and oxygen atoms in total. The Bertz CT molecular complexity index is 432. The van der Waals surface area contributed by atoms with Crippen molar-refractivity contribution in [3.05, 3.63) is 17.8 Å². The van der Waals surface area contributed by atoms with E-state index in [1.165, 1.54) is 13.3 Å². The summed E-state index contributed by atoms with van der Waals surface area (Å²) in [4.78, 5) is 17.8. The van der Waals surface area contributed by atoms with Gasteiger partial charge < -0.3 is 15.4 Å². The predicted octanol–water partition coefficient (Wildman–Crippen LogP) is 1.93. The Labute approximate surface area is 108 Å². The smallest absolute Gasteiger partial charge is 0.340 e. The van der Waals surface area contributed by atoms with E-state index in [-0.39, 0.29) is 0 Å². The Balaban J connectivity index is 3.08. The Kier molecular flexibility index (Phi) is 4.53. The average molecular weight is 251 g/mol. The summed E-state index contributed by atoms with van der Waals surface area (Å²) in [5.74, 6) is 0.753. The van der Waals surface area contributed by atoms with Crippen LogP contribution in [0.4, 0.5) is 11.5 Å². The highest BCUT2D eigenvalue weighted by molar-refractivity contribution is 5.95. The van der Waals surface area contributed by atoms with Crippen LogP contribution < -0.4 is 10.6 Å². The summed E-state index contributed by atoms with van der Waals surface area (Å²) in [5, 5.41) is 0. The number of hydrogen-bond acceptors (Lipinski definition) is 5. The summed E-state index contributed by atoms with van der Waals surface area (Å²) in [7, 11) is 3.28. The molecule has 1 rings (SSSR count). The van der Waals surface area contributed by atoms with Crippen LogP contribution in [0.15, 0.2) is 12.3 Å². The van der Waals surface area contributed by atoms with Crippen molar-refractivity contribution in [1.29, 1.82) is 0 Å². The maximum atomic E-state index is 11.6. The second-order valence-electron chi connectivity index (χ2n) is 4.72. The molecular formula is C13H21N3O2. The third-order valence-corrected chi connectivity index (χ3v) is 3.26. The molecule has 1 aromatic heterocycles. The number of methoxy groups -OCH3 is 1. The topological polar surface area (TPSA) is 68.5 Å². The van der Waals surface area contributed by atoms with Crippen LogP contribution in [0.25, 0.3) is 0 Å². The molecule has 0 saturated carbocycles. The van der Waals surface area contributed by atoms with Crippen LogP contribution in [0.3, 0.4) is 0 Å². The zero-order valence-electron chi connectivity index (χ0n) is 11.6. The Hall–Kier alpha value is -1.78. The van der Waals surface area contributed by atoms with E-state index in [0.717, 1.165) is 0 Å². The van der Waals surface area contributed by atoms with E-state index in [0.29, 0.717) is 29.0 Å². The second kappa shape index (κ2) is 5.71. The number of ether oxygens (including phenoxy) is 1. The third kappa shape index (κ3) is 2.91. The first-order valence-corrected chi connectivity index (χ1v) is 5.95. The Morgan fingerprint density at radius 2 is 2.06 bits per heavy atom. The summed E-state index contributed by atoms with van der Waals surface area (Å²) < 4.78 is 4.69. The molecule has 0 aliphatic heterocycles. The molecule has 18 heavy (non-hydrogen) atoms. The number of nitrogens with two attached hydrogens (primary N) is 1. The van der Waals surface area contributed by atoms with Gasteiger partial charge in [-0.15, -0.1) is 0 Å². The maximum Gasteiger partial charge on any atom is 0.340 e. The first-order chi connectivity index (χ1) is 8.38. The molecule has 0 radical (unpaired) electrons. The van der Waals surface area contributed by atoms with Crippen molar-refractivity contribution in [1.82, 2.24) is 4.98 Å². The van der Waals surface area contributed by atoms with Crippen LogP contribution in [-0.2, 0) is 4.74 Å². The summed E-state index contributed by atoms with van der Waals surface area (Å²) in [5.41, 5.74) is 6.40. The van der Waals surface area contributed by atoms with E-state index in [2.05, 4.69) is 25.8 Å². The van der Waals surface area contributed by atoms with Crippen LogP contribution in [0, 0.1) is 5.92 Å². The maximum absolute atomic E-state index is 11.6. The van der Waals surface area contributed by atoms with Gasteiger partial charge in [0.15, 0.2) is 0 Å². The lowest BCUT2D eigenvalue weighted by Crippen LogP contribution is -2.33. The highest BCUT2D eigenvalue weighted by Gasteiger charge is 2.18. The highest BCUT2D eigenvalue weighted by atomic mass is 16.5. The molecule has 0 aromatic carbocycles. The zero-order chi connectivity index (χ0) is 13.9. The molecule has 1 unspecified atom stereocenters. The van der Waals surface area contributed by atoms with E-state index in [4.69, 9.17) is 10.5 Å². The lowest BCUT2D eigenvalue weighted by Gasteiger charge is -2.29. The molecule has 0 aliphatic rings. The number of rotatable bonds is 4. The van der Waals surface area contributed by atoms with Gasteiger partial charge in [0.1, 0.15) is 5.82 Å². The summed E-state index contributed by atoms with van der Waals surface area (Å²) >= 11 is 0. The van der Waals surface area contributed by atoms with Gasteiger partial charge in [0.25, 0.3) is 0 Å². The number of esters is 1. The van der Waals surface area contributed by atoms with Crippen molar-refractivity contribution in [3.63, 3.8) is 0 Å². The van der Waals surface area contributed by atoms with Gasteiger partial charge in [-0.3, -0.25) is 0 Å². The van der Waals surface area contributed by atoms with Crippen LogP contribution in [-0.4, -0.2) is 31.2 Å². The van der Waals surface area contributed by atoms with Gasteiger partial charge in [0.2, 0.25) is 0 Å². The first-order valence-electron chi connectivity index (χ1n) is 5.95. The van der Waals surface area contributed by atoms with E-state index in [1.54, 1.807) is 6.07 Å². The second-order valence-corrected chi connectivity index (χ2v) is 4.72. The van der Waals surface area contributed by atoms with E-state index < -0.39 is 5.97 Å². The van der Waals surface area contributed by atoms with Crippen LogP contribution in [0.2, 0.25) is 0 Å². The fraction of sp³-hybridized carbons (Fsp3) is 0.538. The van der Waals surface area contributed by atoms with Crippen molar-refractivity contribution >= 4 is 17.5 Å². The quantitative estimate of drug-likeness (QED) is 0.828. The van der Waals surface area contributed by atoms with Gasteiger partial charge in [-0.05, 0) is 18.9 Å². The molecule has 2 N–H and O–H groups in total. The molecule has 0 fully saturated rings. The molecule has 1 heterocycles. The number of nitrogens with zero attached hydrogens (tertiary/aromatic N) is 2. The highest BCUT2D eigenvalue weighted by Crippen LogP contribution is 2.21. The van der Waals surface area contributed by atoms with Crippen molar-refractivity contribution in [3.8, 4) is 0 Å². The molecule has 1 atom stereocenters. The van der Waals surface area contributed by atoms with Crippen LogP contribution >= 0.6 is 0 Å². The van der Waals surface area contributed by atoms with E-state index >= 15 is 0 Å². The minimum atomic E-state index is -0.443. The summed E-state index contributed by atoms with van der Waals surface area (Å²) in [6, 6.07) is 1.98. The molecule has 0 spiro atoms. The summed E-state index contributed by atoms with van der Waals surface area (Å²) in [6.07, 6.45) is 1.49. The van der Waals surface area contributed by atoms with Crippen molar-refractivity contribution in [2.45, 2.75) is 26.8 Å². The molecular weight excluding hydrogens is 230 g/mol. The van der Waals surface area contributed by atoms with E-state index in [1.807, 2.05) is 11.9 Å². The fourth-order valence-electron chi connectivity index (χ4n) is 1.59. The fourth-order valence-corrected chi connectivity index (χ4v) is 1.59. The largest absolute Gasteiger partial charge is 0.465 e. The predicted molar refractivity (Wildman–Crippen MR) is 72.7 cm³/mol. The van der Waals surface area contributed by atoms with Crippen molar-refractivity contribution < 1.29 is 9.53 Å². The number of carbonyl (C=O) groups is 1. The number of pyridine rings is 1. The minimum absolute atomic E-state index is 0.312. The zero-order valence-corrected chi connectivity index (χ0v) is 11.6. The Morgan fingerprint density at radius 3 is 2.56 bits per heavy atom.